The first-order chi connectivity index (χ1) is 5.88. The highest BCUT2D eigenvalue weighted by Gasteiger charge is 2.16. The normalized spacial score (nSPS) is 21.1. The van der Waals surface area contributed by atoms with Crippen molar-refractivity contribution in [3.8, 4) is 0 Å². The quantitative estimate of drug-likeness (QED) is 0.616. The van der Waals surface area contributed by atoms with Gasteiger partial charge in [0.15, 0.2) is 0 Å². The molecular weight excluding hydrogens is 153 g/mol. The molecule has 1 nitrogen and oxygen atoms in total. The van der Waals surface area contributed by atoms with Gasteiger partial charge in [-0.05, 0) is 18.2 Å². The lowest BCUT2D eigenvalue weighted by Gasteiger charge is -2.04. The molecule has 2 heteroatoms. The molecule has 1 aliphatic carbocycles. The summed E-state index contributed by atoms with van der Waals surface area (Å²) >= 11 is 0. The van der Waals surface area contributed by atoms with Gasteiger partial charge in [0.25, 0.3) is 0 Å². The summed E-state index contributed by atoms with van der Waals surface area (Å²) in [5, 5.41) is 0. The molecule has 1 aromatic rings. The van der Waals surface area contributed by atoms with Crippen molar-refractivity contribution in [2.24, 2.45) is 0 Å². The van der Waals surface area contributed by atoms with E-state index in [9.17, 15) is 4.39 Å². The van der Waals surface area contributed by atoms with Gasteiger partial charge in [0.2, 0.25) is 0 Å². The molecule has 1 aromatic heterocycles. The molecule has 0 saturated carbocycles. The van der Waals surface area contributed by atoms with Crippen LogP contribution >= 0.6 is 0 Å². The molecule has 0 radical (unpaired) electrons. The van der Waals surface area contributed by atoms with Crippen LogP contribution < -0.4 is 0 Å². The summed E-state index contributed by atoms with van der Waals surface area (Å²) in [4.78, 5) is 4.08. The minimum absolute atomic E-state index is 0.131. The predicted molar refractivity (Wildman–Crippen MR) is 45.3 cm³/mol. The molecule has 0 aliphatic heterocycles. The van der Waals surface area contributed by atoms with Crippen molar-refractivity contribution in [3.05, 3.63) is 54.1 Å². The maximum atomic E-state index is 13.0. The molecule has 1 aliphatic rings. The molecule has 0 amide bonds. The highest BCUT2D eigenvalue weighted by Crippen LogP contribution is 2.28. The van der Waals surface area contributed by atoms with Crippen molar-refractivity contribution in [2.45, 2.75) is 5.92 Å². The van der Waals surface area contributed by atoms with E-state index in [-0.39, 0.29) is 11.7 Å². The van der Waals surface area contributed by atoms with Crippen molar-refractivity contribution in [1.29, 1.82) is 0 Å². The predicted octanol–water partition coefficient (Wildman–Crippen LogP) is 2.59. The van der Waals surface area contributed by atoms with Crippen molar-refractivity contribution in [3.63, 3.8) is 0 Å². The van der Waals surface area contributed by atoms with E-state index in [2.05, 4.69) is 4.98 Å². The third-order valence-electron chi connectivity index (χ3n) is 1.86. The first kappa shape index (κ1) is 7.22. The summed E-state index contributed by atoms with van der Waals surface area (Å²) in [6, 6.07) is 5.51. The van der Waals surface area contributed by atoms with Crippen molar-refractivity contribution >= 4 is 0 Å². The Labute approximate surface area is 70.3 Å². The van der Waals surface area contributed by atoms with E-state index in [0.717, 1.165) is 5.69 Å². The van der Waals surface area contributed by atoms with E-state index in [1.165, 1.54) is 6.08 Å². The van der Waals surface area contributed by atoms with Crippen LogP contribution in [-0.4, -0.2) is 4.98 Å². The third kappa shape index (κ3) is 1.16. The van der Waals surface area contributed by atoms with Gasteiger partial charge in [0.1, 0.15) is 5.83 Å². The van der Waals surface area contributed by atoms with Gasteiger partial charge >= 0.3 is 0 Å². The zero-order valence-corrected chi connectivity index (χ0v) is 6.44. The first-order valence-corrected chi connectivity index (χ1v) is 3.83. The SMILES string of the molecule is FC1=CC=CC1c1ccccn1. The molecule has 0 N–H and O–H groups in total. The molecule has 60 valence electrons. The number of allylic oxidation sites excluding steroid dienone is 4. The van der Waals surface area contributed by atoms with Crippen molar-refractivity contribution in [2.75, 3.05) is 0 Å². The molecule has 1 heterocycles. The van der Waals surface area contributed by atoms with Crippen molar-refractivity contribution < 1.29 is 4.39 Å². The number of halogens is 1. The minimum atomic E-state index is -0.258. The summed E-state index contributed by atoms with van der Waals surface area (Å²) < 4.78 is 13.0. The maximum absolute atomic E-state index is 13.0. The second kappa shape index (κ2) is 2.89. The smallest absolute Gasteiger partial charge is 0.113 e. The highest BCUT2D eigenvalue weighted by molar-refractivity contribution is 5.34. The summed E-state index contributed by atoms with van der Waals surface area (Å²) in [6.45, 7) is 0. The maximum Gasteiger partial charge on any atom is 0.113 e. The molecule has 0 bridgehead atoms. The zero-order chi connectivity index (χ0) is 8.39. The highest BCUT2D eigenvalue weighted by atomic mass is 19.1. The minimum Gasteiger partial charge on any atom is -0.260 e. The van der Waals surface area contributed by atoms with Crippen molar-refractivity contribution in [1.82, 2.24) is 4.98 Å². The van der Waals surface area contributed by atoms with Crippen LogP contribution in [0.3, 0.4) is 0 Å². The van der Waals surface area contributed by atoms with Crippen LogP contribution in [-0.2, 0) is 0 Å². The van der Waals surface area contributed by atoms with Gasteiger partial charge < -0.3 is 0 Å². The molecule has 0 aromatic carbocycles. The lowest BCUT2D eigenvalue weighted by molar-refractivity contribution is 0.587. The first-order valence-electron chi connectivity index (χ1n) is 3.83. The van der Waals surface area contributed by atoms with Gasteiger partial charge in [-0.25, -0.2) is 4.39 Å². The molecule has 0 fully saturated rings. The Morgan fingerprint density at radius 1 is 1.33 bits per heavy atom. The summed E-state index contributed by atoms with van der Waals surface area (Å²) in [6.07, 6.45) is 6.67. The van der Waals surface area contributed by atoms with Crippen LogP contribution in [0.4, 0.5) is 4.39 Å². The Morgan fingerprint density at radius 2 is 2.25 bits per heavy atom. The lowest BCUT2D eigenvalue weighted by Crippen LogP contribution is -1.95. The van der Waals surface area contributed by atoms with Crippen LogP contribution in [0.5, 0.6) is 0 Å². The number of pyridine rings is 1. The van der Waals surface area contributed by atoms with Crippen LogP contribution in [0.2, 0.25) is 0 Å². The Balaban J connectivity index is 2.33. The van der Waals surface area contributed by atoms with Crippen LogP contribution in [0, 0.1) is 0 Å². The van der Waals surface area contributed by atoms with E-state index in [1.54, 1.807) is 18.3 Å². The summed E-state index contributed by atoms with van der Waals surface area (Å²) in [7, 11) is 0. The van der Waals surface area contributed by atoms with Gasteiger partial charge in [-0.1, -0.05) is 18.2 Å². The number of hydrogen-bond acceptors (Lipinski definition) is 1. The van der Waals surface area contributed by atoms with E-state index >= 15 is 0 Å². The Morgan fingerprint density at radius 3 is 2.83 bits per heavy atom. The molecule has 0 spiro atoms. The van der Waals surface area contributed by atoms with Gasteiger partial charge in [-0.15, -0.1) is 0 Å². The zero-order valence-electron chi connectivity index (χ0n) is 6.44. The average Bonchev–Trinajstić information content (AvgIpc) is 2.53. The topological polar surface area (TPSA) is 12.9 Å². The number of hydrogen-bond donors (Lipinski definition) is 0. The fourth-order valence-electron chi connectivity index (χ4n) is 1.25. The average molecular weight is 161 g/mol. The van der Waals surface area contributed by atoms with Crippen LogP contribution in [0.15, 0.2) is 48.5 Å². The molecule has 12 heavy (non-hydrogen) atoms. The monoisotopic (exact) mass is 161 g/mol. The van der Waals surface area contributed by atoms with Crippen LogP contribution in [0.25, 0.3) is 0 Å². The number of nitrogens with zero attached hydrogens (tertiary/aromatic N) is 1. The Bertz CT molecular complexity index is 327. The molecule has 1 atom stereocenters. The standard InChI is InChI=1S/C10H8FN/c11-9-5-3-4-8(9)10-6-1-2-7-12-10/h1-8H. The molecule has 0 saturated heterocycles. The summed E-state index contributed by atoms with van der Waals surface area (Å²) in [5.74, 6) is -0.389. The fraction of sp³-hybridized carbons (Fsp3) is 0.100. The van der Waals surface area contributed by atoms with Gasteiger partial charge in [0.05, 0.1) is 11.6 Å². The molecular formula is C10H8FN. The van der Waals surface area contributed by atoms with Gasteiger partial charge in [0, 0.05) is 6.20 Å². The Hall–Kier alpha value is -1.44. The fourth-order valence-corrected chi connectivity index (χ4v) is 1.25. The number of aromatic nitrogens is 1. The van der Waals surface area contributed by atoms with Crippen LogP contribution in [0.1, 0.15) is 11.6 Å². The van der Waals surface area contributed by atoms with E-state index in [4.69, 9.17) is 0 Å². The molecule has 1 unspecified atom stereocenters. The molecule has 2 rings (SSSR count). The number of rotatable bonds is 1. The van der Waals surface area contributed by atoms with E-state index in [0.29, 0.717) is 0 Å². The van der Waals surface area contributed by atoms with E-state index < -0.39 is 0 Å². The second-order valence-corrected chi connectivity index (χ2v) is 2.67. The van der Waals surface area contributed by atoms with E-state index in [1.807, 2.05) is 18.2 Å². The largest absolute Gasteiger partial charge is 0.260 e. The van der Waals surface area contributed by atoms with Gasteiger partial charge in [-0.3, -0.25) is 4.98 Å². The Kier molecular flexibility index (Phi) is 1.74. The van der Waals surface area contributed by atoms with Gasteiger partial charge in [-0.2, -0.15) is 0 Å². The second-order valence-electron chi connectivity index (χ2n) is 2.67. The third-order valence-corrected chi connectivity index (χ3v) is 1.86. The lowest BCUT2D eigenvalue weighted by atomic mass is 10.1. The summed E-state index contributed by atoms with van der Waals surface area (Å²) in [5.41, 5.74) is 0.764.